The Labute approximate surface area is 158 Å². The van der Waals surface area contributed by atoms with E-state index in [1.807, 2.05) is 38.1 Å². The smallest absolute Gasteiger partial charge is 0.306 e. The number of ketones is 1. The molecular weight excluding hydrogens is 346 g/mol. The number of aromatic nitrogens is 1. The minimum atomic E-state index is -0.378. The third-order valence-electron chi connectivity index (χ3n) is 5.12. The van der Waals surface area contributed by atoms with Crippen LogP contribution in [0.4, 0.5) is 0 Å². The standard InChI is InChI=1S/C21H23NO5/c1-13-9-17(14(2)22(13)16-5-6-16)18(23)11-25-21(24)8-4-15-3-7-19-20(10-15)27-12-26-19/h3,7,9-10,16H,4-6,8,11-12H2,1-2H3. The summed E-state index contributed by atoms with van der Waals surface area (Å²) in [6.45, 7) is 3.98. The molecule has 2 heterocycles. The number of nitrogens with zero attached hydrogens (tertiary/aromatic N) is 1. The Balaban J connectivity index is 1.29. The van der Waals surface area contributed by atoms with Gasteiger partial charge in [-0.25, -0.2) is 0 Å². The van der Waals surface area contributed by atoms with E-state index >= 15 is 0 Å². The van der Waals surface area contributed by atoms with Gasteiger partial charge in [0.25, 0.3) is 0 Å². The van der Waals surface area contributed by atoms with Crippen LogP contribution in [0.2, 0.25) is 0 Å². The molecule has 6 nitrogen and oxygen atoms in total. The molecule has 1 aromatic carbocycles. The van der Waals surface area contributed by atoms with Crippen LogP contribution in [0.1, 0.15) is 52.6 Å². The van der Waals surface area contributed by atoms with Crippen molar-refractivity contribution in [3.05, 3.63) is 46.8 Å². The summed E-state index contributed by atoms with van der Waals surface area (Å²) in [5, 5.41) is 0. The predicted molar refractivity (Wildman–Crippen MR) is 98.4 cm³/mol. The van der Waals surface area contributed by atoms with Crippen LogP contribution >= 0.6 is 0 Å². The second-order valence-electron chi connectivity index (χ2n) is 7.16. The van der Waals surface area contributed by atoms with Crippen molar-refractivity contribution in [3.63, 3.8) is 0 Å². The lowest BCUT2D eigenvalue weighted by Gasteiger charge is -2.08. The molecule has 0 amide bonds. The Hall–Kier alpha value is -2.76. The first-order valence-corrected chi connectivity index (χ1v) is 9.28. The average molecular weight is 369 g/mol. The Morgan fingerprint density at radius 1 is 1.15 bits per heavy atom. The van der Waals surface area contributed by atoms with Gasteiger partial charge >= 0.3 is 5.97 Å². The Kier molecular flexibility index (Phi) is 4.64. The van der Waals surface area contributed by atoms with Crippen LogP contribution < -0.4 is 9.47 Å². The quantitative estimate of drug-likeness (QED) is 0.552. The number of fused-ring (bicyclic) bond motifs is 1. The highest BCUT2D eigenvalue weighted by Crippen LogP contribution is 2.38. The van der Waals surface area contributed by atoms with Crippen LogP contribution in [0.3, 0.4) is 0 Å². The molecule has 0 spiro atoms. The van der Waals surface area contributed by atoms with Gasteiger partial charge in [0.2, 0.25) is 12.6 Å². The minimum Gasteiger partial charge on any atom is -0.457 e. The van der Waals surface area contributed by atoms with Gasteiger partial charge in [-0.2, -0.15) is 0 Å². The van der Waals surface area contributed by atoms with Crippen molar-refractivity contribution < 1.29 is 23.8 Å². The summed E-state index contributed by atoms with van der Waals surface area (Å²) in [7, 11) is 0. The number of benzene rings is 1. The van der Waals surface area contributed by atoms with Crippen LogP contribution in [-0.2, 0) is 16.0 Å². The number of ether oxygens (including phenoxy) is 3. The SMILES string of the molecule is Cc1cc(C(=O)COC(=O)CCc2ccc3c(c2)OCO3)c(C)n1C1CC1. The zero-order chi connectivity index (χ0) is 19.0. The lowest BCUT2D eigenvalue weighted by atomic mass is 10.1. The van der Waals surface area contributed by atoms with Gasteiger partial charge in [0.15, 0.2) is 18.1 Å². The summed E-state index contributed by atoms with van der Waals surface area (Å²) in [5.41, 5.74) is 3.68. The minimum absolute atomic E-state index is 0.147. The molecule has 0 bridgehead atoms. The molecule has 1 aliphatic heterocycles. The molecule has 6 heteroatoms. The molecule has 1 fully saturated rings. The van der Waals surface area contributed by atoms with Gasteiger partial charge < -0.3 is 18.8 Å². The molecule has 0 N–H and O–H groups in total. The molecule has 0 atom stereocenters. The molecule has 0 saturated heterocycles. The monoisotopic (exact) mass is 369 g/mol. The highest BCUT2D eigenvalue weighted by molar-refractivity contribution is 5.99. The van der Waals surface area contributed by atoms with Crippen molar-refractivity contribution >= 4 is 11.8 Å². The van der Waals surface area contributed by atoms with Crippen molar-refractivity contribution in [2.45, 2.75) is 45.6 Å². The Bertz CT molecular complexity index is 894. The number of carbonyl (C=O) groups excluding carboxylic acids is 2. The third kappa shape index (κ3) is 3.70. The maximum atomic E-state index is 12.5. The summed E-state index contributed by atoms with van der Waals surface area (Å²) < 4.78 is 18.0. The maximum Gasteiger partial charge on any atom is 0.306 e. The number of esters is 1. The van der Waals surface area contributed by atoms with E-state index in [2.05, 4.69) is 4.57 Å². The van der Waals surface area contributed by atoms with Crippen molar-refractivity contribution in [3.8, 4) is 11.5 Å². The largest absolute Gasteiger partial charge is 0.457 e. The van der Waals surface area contributed by atoms with Crippen LogP contribution in [-0.4, -0.2) is 29.7 Å². The van der Waals surface area contributed by atoms with Gasteiger partial charge in [0.1, 0.15) is 0 Å². The summed E-state index contributed by atoms with van der Waals surface area (Å²) in [6, 6.07) is 8.03. The third-order valence-corrected chi connectivity index (χ3v) is 5.12. The predicted octanol–water partition coefficient (Wildman–Crippen LogP) is 3.53. The molecule has 4 rings (SSSR count). The average Bonchev–Trinajstić information content (AvgIpc) is 3.29. The summed E-state index contributed by atoms with van der Waals surface area (Å²) in [5.74, 6) is 0.890. The lowest BCUT2D eigenvalue weighted by Crippen LogP contribution is -2.15. The van der Waals surface area contributed by atoms with Gasteiger partial charge in [-0.15, -0.1) is 0 Å². The van der Waals surface area contributed by atoms with Crippen LogP contribution in [0, 0.1) is 13.8 Å². The summed E-state index contributed by atoms with van der Waals surface area (Å²) in [4.78, 5) is 24.5. The molecule has 2 aromatic rings. The number of rotatable bonds is 7. The molecule has 2 aliphatic rings. The topological polar surface area (TPSA) is 66.8 Å². The Morgan fingerprint density at radius 2 is 1.93 bits per heavy atom. The molecule has 1 aromatic heterocycles. The number of carbonyl (C=O) groups is 2. The highest BCUT2D eigenvalue weighted by atomic mass is 16.7. The van der Waals surface area contributed by atoms with Gasteiger partial charge in [-0.3, -0.25) is 9.59 Å². The highest BCUT2D eigenvalue weighted by Gasteiger charge is 2.28. The first-order chi connectivity index (χ1) is 13.0. The molecule has 27 heavy (non-hydrogen) atoms. The second kappa shape index (κ2) is 7.10. The lowest BCUT2D eigenvalue weighted by molar-refractivity contribution is -0.142. The van der Waals surface area contributed by atoms with Crippen molar-refractivity contribution in [2.24, 2.45) is 0 Å². The molecule has 1 aliphatic carbocycles. The summed E-state index contributed by atoms with van der Waals surface area (Å²) >= 11 is 0. The fraction of sp³-hybridized carbons (Fsp3) is 0.429. The fourth-order valence-electron chi connectivity index (χ4n) is 3.59. The summed E-state index contributed by atoms with van der Waals surface area (Å²) in [6.07, 6.45) is 3.07. The van der Waals surface area contributed by atoms with E-state index < -0.39 is 0 Å². The van der Waals surface area contributed by atoms with Crippen molar-refractivity contribution in [1.29, 1.82) is 0 Å². The van der Waals surface area contributed by atoms with E-state index in [1.165, 1.54) is 12.8 Å². The van der Waals surface area contributed by atoms with E-state index in [-0.39, 0.29) is 31.6 Å². The zero-order valence-corrected chi connectivity index (χ0v) is 15.6. The second-order valence-corrected chi connectivity index (χ2v) is 7.16. The first kappa shape index (κ1) is 17.6. The maximum absolute atomic E-state index is 12.5. The number of aryl methyl sites for hydroxylation is 2. The zero-order valence-electron chi connectivity index (χ0n) is 15.6. The molecular formula is C21H23NO5. The van der Waals surface area contributed by atoms with E-state index in [0.717, 1.165) is 22.7 Å². The molecule has 0 radical (unpaired) electrons. The molecule has 1 saturated carbocycles. The molecule has 142 valence electrons. The molecule has 0 unspecified atom stereocenters. The number of Topliss-reactive ketones (excluding diaryl/α,β-unsaturated/α-hetero) is 1. The number of hydrogen-bond donors (Lipinski definition) is 0. The van der Waals surface area contributed by atoms with Crippen molar-refractivity contribution in [1.82, 2.24) is 4.57 Å². The van der Waals surface area contributed by atoms with Gasteiger partial charge in [-0.05, 0) is 56.9 Å². The van der Waals surface area contributed by atoms with Crippen LogP contribution in [0.5, 0.6) is 11.5 Å². The first-order valence-electron chi connectivity index (χ1n) is 9.28. The van der Waals surface area contributed by atoms with Crippen LogP contribution in [0.25, 0.3) is 0 Å². The van der Waals surface area contributed by atoms with Gasteiger partial charge in [0, 0.05) is 29.4 Å². The normalized spacial score (nSPS) is 15.0. The van der Waals surface area contributed by atoms with E-state index in [1.54, 1.807) is 0 Å². The van der Waals surface area contributed by atoms with E-state index in [4.69, 9.17) is 14.2 Å². The van der Waals surface area contributed by atoms with E-state index in [0.29, 0.717) is 23.8 Å². The van der Waals surface area contributed by atoms with Gasteiger partial charge in [-0.1, -0.05) is 6.07 Å². The van der Waals surface area contributed by atoms with Crippen molar-refractivity contribution in [2.75, 3.05) is 13.4 Å². The Morgan fingerprint density at radius 3 is 2.70 bits per heavy atom. The van der Waals surface area contributed by atoms with Crippen LogP contribution in [0.15, 0.2) is 24.3 Å². The van der Waals surface area contributed by atoms with E-state index in [9.17, 15) is 9.59 Å². The van der Waals surface area contributed by atoms with Gasteiger partial charge in [0.05, 0.1) is 0 Å². The number of hydrogen-bond acceptors (Lipinski definition) is 5. The fourth-order valence-corrected chi connectivity index (χ4v) is 3.59.